The Morgan fingerprint density at radius 3 is 3.21 bits per heavy atom. The Morgan fingerprint density at radius 1 is 1.93 bits per heavy atom. The highest BCUT2D eigenvalue weighted by molar-refractivity contribution is 7.99. The first-order chi connectivity index (χ1) is 6.62. The molecular formula is C8H12N2O3S. The number of nitrogens with zero attached hydrogens (tertiary/aromatic N) is 1. The Bertz CT molecular complexity index is 266. The highest BCUT2D eigenvalue weighted by Gasteiger charge is 2.43. The van der Waals surface area contributed by atoms with Crippen molar-refractivity contribution in [3.05, 3.63) is 0 Å². The van der Waals surface area contributed by atoms with E-state index in [1.807, 2.05) is 0 Å². The summed E-state index contributed by atoms with van der Waals surface area (Å²) < 4.78 is 4.66. The third-order valence-electron chi connectivity index (χ3n) is 1.94. The number of rotatable bonds is 2. The van der Waals surface area contributed by atoms with Crippen LogP contribution in [-0.2, 0) is 4.74 Å². The van der Waals surface area contributed by atoms with E-state index in [0.717, 1.165) is 0 Å². The van der Waals surface area contributed by atoms with E-state index in [2.05, 4.69) is 10.1 Å². The van der Waals surface area contributed by atoms with E-state index < -0.39 is 17.7 Å². The molecule has 2 N–H and O–H groups in total. The van der Waals surface area contributed by atoms with Crippen LogP contribution in [0.5, 0.6) is 0 Å². The lowest BCUT2D eigenvalue weighted by molar-refractivity contribution is 0.0851. The van der Waals surface area contributed by atoms with Crippen molar-refractivity contribution in [1.29, 1.82) is 5.26 Å². The maximum atomic E-state index is 11.0. The van der Waals surface area contributed by atoms with Crippen molar-refractivity contribution < 1.29 is 14.6 Å². The number of hydrogen-bond acceptors (Lipinski definition) is 5. The second kappa shape index (κ2) is 4.53. The molecule has 1 fully saturated rings. The number of nitriles is 1. The van der Waals surface area contributed by atoms with Crippen molar-refractivity contribution in [3.8, 4) is 6.07 Å². The molecule has 0 aromatic carbocycles. The van der Waals surface area contributed by atoms with E-state index in [-0.39, 0.29) is 6.61 Å². The molecule has 1 rings (SSSR count). The van der Waals surface area contributed by atoms with Crippen molar-refractivity contribution in [2.24, 2.45) is 0 Å². The van der Waals surface area contributed by atoms with Crippen molar-refractivity contribution >= 4 is 17.9 Å². The molecule has 0 saturated carbocycles. The van der Waals surface area contributed by atoms with Gasteiger partial charge in [0.1, 0.15) is 6.07 Å². The molecule has 6 heteroatoms. The number of carbonyl (C=O) groups excluding carboxylic acids is 1. The van der Waals surface area contributed by atoms with Crippen molar-refractivity contribution in [2.75, 3.05) is 18.1 Å². The van der Waals surface area contributed by atoms with Gasteiger partial charge in [0.15, 0.2) is 5.60 Å². The van der Waals surface area contributed by atoms with Crippen molar-refractivity contribution in [2.45, 2.75) is 18.6 Å². The fourth-order valence-corrected chi connectivity index (χ4v) is 2.45. The predicted molar refractivity (Wildman–Crippen MR) is 51.8 cm³/mol. The van der Waals surface area contributed by atoms with Gasteiger partial charge >= 0.3 is 6.09 Å². The Hall–Kier alpha value is -0.930. The summed E-state index contributed by atoms with van der Waals surface area (Å²) in [6, 6.07) is 1.26. The number of carbonyl (C=O) groups is 1. The van der Waals surface area contributed by atoms with Crippen LogP contribution in [0.3, 0.4) is 0 Å². The molecule has 1 aliphatic rings. The largest absolute Gasteiger partial charge is 0.450 e. The number of thioether (sulfide) groups is 1. The number of hydrogen-bond donors (Lipinski definition) is 2. The molecule has 1 heterocycles. The average Bonchev–Trinajstić information content (AvgIpc) is 2.49. The van der Waals surface area contributed by atoms with Crippen LogP contribution in [0.4, 0.5) is 4.79 Å². The smallest absolute Gasteiger partial charge is 0.407 e. The fraction of sp³-hybridized carbons (Fsp3) is 0.750. The summed E-state index contributed by atoms with van der Waals surface area (Å²) >= 11 is 1.43. The zero-order valence-electron chi connectivity index (χ0n) is 7.82. The van der Waals surface area contributed by atoms with Crippen LogP contribution in [0, 0.1) is 11.3 Å². The fourth-order valence-electron chi connectivity index (χ4n) is 1.16. The average molecular weight is 216 g/mol. The molecule has 1 amide bonds. The van der Waals surface area contributed by atoms with Crippen LogP contribution in [0.25, 0.3) is 0 Å². The monoisotopic (exact) mass is 216 g/mol. The van der Waals surface area contributed by atoms with Gasteiger partial charge in [-0.15, -0.1) is 0 Å². The quantitative estimate of drug-likeness (QED) is 0.640. The minimum absolute atomic E-state index is 0.274. The molecule has 2 atom stereocenters. The van der Waals surface area contributed by atoms with E-state index in [0.29, 0.717) is 11.5 Å². The van der Waals surface area contributed by atoms with Crippen LogP contribution in [0.15, 0.2) is 0 Å². The van der Waals surface area contributed by atoms with Gasteiger partial charge in [-0.25, -0.2) is 4.79 Å². The summed E-state index contributed by atoms with van der Waals surface area (Å²) in [4.78, 5) is 11.0. The summed E-state index contributed by atoms with van der Waals surface area (Å²) in [5, 5.41) is 20.9. The summed E-state index contributed by atoms with van der Waals surface area (Å²) in [5.41, 5.74) is -1.46. The summed E-state index contributed by atoms with van der Waals surface area (Å²) in [6.07, 6.45) is -0.589. The van der Waals surface area contributed by atoms with Gasteiger partial charge in [-0.1, -0.05) is 0 Å². The molecular weight excluding hydrogens is 204 g/mol. The Kier molecular flexibility index (Phi) is 3.61. The standard InChI is InChI=1S/C8H12N2O3S/c1-2-13-7(11)10-6-3-14-5-8(6,12)4-9/h6,12H,2-3,5H2,1H3,(H,10,11). The Balaban J connectivity index is 2.53. The lowest BCUT2D eigenvalue weighted by atomic mass is 10.0. The molecule has 1 aliphatic heterocycles. The van der Waals surface area contributed by atoms with Gasteiger partial charge in [-0.05, 0) is 6.92 Å². The minimum Gasteiger partial charge on any atom is -0.450 e. The zero-order valence-corrected chi connectivity index (χ0v) is 8.63. The third-order valence-corrected chi connectivity index (χ3v) is 3.16. The van der Waals surface area contributed by atoms with Gasteiger partial charge in [-0.2, -0.15) is 17.0 Å². The first kappa shape index (κ1) is 11.1. The molecule has 5 nitrogen and oxygen atoms in total. The molecule has 0 spiro atoms. The predicted octanol–water partition coefficient (Wildman–Crippen LogP) is 0.103. The lowest BCUT2D eigenvalue weighted by Gasteiger charge is -2.21. The first-order valence-electron chi connectivity index (χ1n) is 4.27. The Morgan fingerprint density at radius 2 is 2.64 bits per heavy atom. The van der Waals surface area contributed by atoms with Gasteiger partial charge < -0.3 is 15.2 Å². The molecule has 78 valence electrons. The van der Waals surface area contributed by atoms with Crippen LogP contribution in [0.1, 0.15) is 6.92 Å². The topological polar surface area (TPSA) is 82.3 Å². The lowest BCUT2D eigenvalue weighted by Crippen LogP contribution is -2.51. The maximum absolute atomic E-state index is 11.0. The van der Waals surface area contributed by atoms with E-state index >= 15 is 0 Å². The van der Waals surface area contributed by atoms with Gasteiger partial charge in [0.25, 0.3) is 0 Å². The number of alkyl carbamates (subject to hydrolysis) is 1. The van der Waals surface area contributed by atoms with Crippen LogP contribution >= 0.6 is 11.8 Å². The van der Waals surface area contributed by atoms with E-state index in [1.54, 1.807) is 13.0 Å². The van der Waals surface area contributed by atoms with E-state index in [4.69, 9.17) is 5.26 Å². The van der Waals surface area contributed by atoms with Gasteiger partial charge in [-0.3, -0.25) is 0 Å². The molecule has 1 saturated heterocycles. The van der Waals surface area contributed by atoms with Crippen molar-refractivity contribution in [3.63, 3.8) is 0 Å². The highest BCUT2D eigenvalue weighted by Crippen LogP contribution is 2.27. The maximum Gasteiger partial charge on any atom is 0.407 e. The second-order valence-electron chi connectivity index (χ2n) is 2.97. The van der Waals surface area contributed by atoms with Gasteiger partial charge in [0.2, 0.25) is 0 Å². The van der Waals surface area contributed by atoms with Crippen molar-refractivity contribution in [1.82, 2.24) is 5.32 Å². The number of ether oxygens (including phenoxy) is 1. The number of nitrogens with one attached hydrogen (secondary N) is 1. The molecule has 2 unspecified atom stereocenters. The SMILES string of the molecule is CCOC(=O)NC1CSCC1(O)C#N. The number of aliphatic hydroxyl groups is 1. The molecule has 0 bridgehead atoms. The van der Waals surface area contributed by atoms with Gasteiger partial charge in [0.05, 0.1) is 12.6 Å². The third kappa shape index (κ3) is 2.30. The molecule has 0 radical (unpaired) electrons. The second-order valence-corrected chi connectivity index (χ2v) is 4.00. The Labute approximate surface area is 86.4 Å². The van der Waals surface area contributed by atoms with E-state index in [1.165, 1.54) is 11.8 Å². The van der Waals surface area contributed by atoms with Gasteiger partial charge in [0, 0.05) is 11.5 Å². The molecule has 0 aromatic heterocycles. The highest BCUT2D eigenvalue weighted by atomic mass is 32.2. The number of amides is 1. The van der Waals surface area contributed by atoms with E-state index in [9.17, 15) is 9.90 Å². The molecule has 0 aliphatic carbocycles. The van der Waals surface area contributed by atoms with Crippen LogP contribution in [0.2, 0.25) is 0 Å². The summed E-state index contributed by atoms with van der Waals surface area (Å²) in [7, 11) is 0. The minimum atomic E-state index is -1.46. The van der Waals surface area contributed by atoms with Crippen LogP contribution in [-0.4, -0.2) is 41.0 Å². The molecule has 0 aromatic rings. The first-order valence-corrected chi connectivity index (χ1v) is 5.42. The normalized spacial score (nSPS) is 30.8. The molecule has 14 heavy (non-hydrogen) atoms. The zero-order chi connectivity index (χ0) is 10.6. The summed E-state index contributed by atoms with van der Waals surface area (Å²) in [6.45, 7) is 1.97. The van der Waals surface area contributed by atoms with Crippen LogP contribution < -0.4 is 5.32 Å². The summed E-state index contributed by atoms with van der Waals surface area (Å²) in [5.74, 6) is 0.851.